The first-order valence-electron chi connectivity index (χ1n) is 10.9. The summed E-state index contributed by atoms with van der Waals surface area (Å²) in [5.41, 5.74) is 2.20. The number of rotatable bonds is 9. The van der Waals surface area contributed by atoms with Crippen LogP contribution >= 0.6 is 11.3 Å². The number of hydrogen-bond donors (Lipinski definition) is 2. The van der Waals surface area contributed by atoms with E-state index in [4.69, 9.17) is 9.47 Å². The number of benzene rings is 3. The van der Waals surface area contributed by atoms with Crippen LogP contribution in [0.3, 0.4) is 0 Å². The maximum Gasteiger partial charge on any atom is 0.272 e. The summed E-state index contributed by atoms with van der Waals surface area (Å²) in [5, 5.41) is 7.47. The van der Waals surface area contributed by atoms with E-state index in [0.29, 0.717) is 29.4 Å². The second-order valence-electron chi connectivity index (χ2n) is 7.51. The Morgan fingerprint density at radius 1 is 0.857 bits per heavy atom. The highest BCUT2D eigenvalue weighted by molar-refractivity contribution is 7.10. The van der Waals surface area contributed by atoms with E-state index >= 15 is 0 Å². The van der Waals surface area contributed by atoms with Gasteiger partial charge in [-0.25, -0.2) is 0 Å². The molecule has 0 saturated carbocycles. The van der Waals surface area contributed by atoms with Gasteiger partial charge >= 0.3 is 0 Å². The highest BCUT2D eigenvalue weighted by Gasteiger charge is 2.15. The van der Waals surface area contributed by atoms with E-state index in [-0.39, 0.29) is 5.70 Å². The summed E-state index contributed by atoms with van der Waals surface area (Å²) in [4.78, 5) is 26.7. The number of carbonyl (C=O) groups excluding carboxylic acids is 2. The van der Waals surface area contributed by atoms with Gasteiger partial charge in [0.1, 0.15) is 23.8 Å². The molecule has 6 nitrogen and oxygen atoms in total. The van der Waals surface area contributed by atoms with Crippen molar-refractivity contribution in [3.05, 3.63) is 118 Å². The maximum atomic E-state index is 13.1. The normalized spacial score (nSPS) is 10.9. The van der Waals surface area contributed by atoms with Crippen LogP contribution in [-0.4, -0.2) is 18.9 Å². The Balaban J connectivity index is 1.43. The molecule has 2 amide bonds. The van der Waals surface area contributed by atoms with Gasteiger partial charge < -0.3 is 20.1 Å². The van der Waals surface area contributed by atoms with E-state index in [9.17, 15) is 9.59 Å². The van der Waals surface area contributed by atoms with Gasteiger partial charge in [-0.1, -0.05) is 36.4 Å². The number of ether oxygens (including phenoxy) is 2. The molecule has 1 heterocycles. The monoisotopic (exact) mass is 484 g/mol. The first kappa shape index (κ1) is 23.8. The van der Waals surface area contributed by atoms with Crippen LogP contribution in [0.2, 0.25) is 0 Å². The van der Waals surface area contributed by atoms with E-state index < -0.39 is 11.8 Å². The summed E-state index contributed by atoms with van der Waals surface area (Å²) in [6.07, 6.45) is 1.65. The summed E-state index contributed by atoms with van der Waals surface area (Å²) < 4.78 is 10.9. The van der Waals surface area contributed by atoms with Crippen LogP contribution in [0.1, 0.15) is 20.8 Å². The van der Waals surface area contributed by atoms with Crippen LogP contribution in [0, 0.1) is 0 Å². The zero-order valence-corrected chi connectivity index (χ0v) is 19.9. The van der Waals surface area contributed by atoms with E-state index in [1.807, 2.05) is 47.8 Å². The topological polar surface area (TPSA) is 76.7 Å². The number of nitrogens with one attached hydrogen (secondary N) is 2. The van der Waals surface area contributed by atoms with Crippen LogP contribution in [0.15, 0.2) is 102 Å². The van der Waals surface area contributed by atoms with Crippen LogP contribution in [0.5, 0.6) is 11.5 Å². The second-order valence-corrected chi connectivity index (χ2v) is 8.49. The standard InChI is InChI=1S/C28H24N2O4S/c1-33-23-13-9-21(10-14-23)27(31)30-26(18-25-8-5-17-35-25)28(32)29-22-11-15-24(16-12-22)34-19-20-6-3-2-4-7-20/h2-18H,19H2,1H3,(H,29,32)(H,30,31)/b26-18-. The summed E-state index contributed by atoms with van der Waals surface area (Å²) in [5.74, 6) is 0.507. The third kappa shape index (κ3) is 6.82. The average molecular weight is 485 g/mol. The minimum atomic E-state index is -0.432. The minimum absolute atomic E-state index is 0.137. The highest BCUT2D eigenvalue weighted by atomic mass is 32.1. The van der Waals surface area contributed by atoms with Crippen molar-refractivity contribution in [3.63, 3.8) is 0 Å². The zero-order valence-electron chi connectivity index (χ0n) is 19.1. The second kappa shape index (κ2) is 11.7. The molecule has 0 aliphatic rings. The van der Waals surface area contributed by atoms with Crippen molar-refractivity contribution in [2.45, 2.75) is 6.61 Å². The van der Waals surface area contributed by atoms with Crippen molar-refractivity contribution < 1.29 is 19.1 Å². The molecule has 0 atom stereocenters. The fraction of sp³-hybridized carbons (Fsp3) is 0.0714. The molecular formula is C28H24N2O4S. The molecule has 0 aliphatic carbocycles. The van der Waals surface area contributed by atoms with Gasteiger partial charge in [-0.05, 0) is 71.6 Å². The van der Waals surface area contributed by atoms with Gasteiger partial charge in [-0.3, -0.25) is 9.59 Å². The lowest BCUT2D eigenvalue weighted by molar-refractivity contribution is -0.113. The molecule has 0 aliphatic heterocycles. The SMILES string of the molecule is COc1ccc(C(=O)N/C(=C\c2cccs2)C(=O)Nc2ccc(OCc3ccccc3)cc2)cc1. The average Bonchev–Trinajstić information content (AvgIpc) is 3.42. The molecule has 0 bridgehead atoms. The first-order chi connectivity index (χ1) is 17.1. The Kier molecular flexibility index (Phi) is 7.93. The van der Waals surface area contributed by atoms with Gasteiger partial charge in [0.15, 0.2) is 0 Å². The Morgan fingerprint density at radius 3 is 2.23 bits per heavy atom. The van der Waals surface area contributed by atoms with Crippen molar-refractivity contribution in [3.8, 4) is 11.5 Å². The van der Waals surface area contributed by atoms with Crippen LogP contribution in [-0.2, 0) is 11.4 Å². The molecular weight excluding hydrogens is 460 g/mol. The van der Waals surface area contributed by atoms with Crippen LogP contribution < -0.4 is 20.1 Å². The molecule has 2 N–H and O–H groups in total. The molecule has 0 unspecified atom stereocenters. The van der Waals surface area contributed by atoms with Crippen molar-refractivity contribution in [1.29, 1.82) is 0 Å². The summed E-state index contributed by atoms with van der Waals surface area (Å²) in [6, 6.07) is 27.4. The molecule has 1 aromatic heterocycles. The van der Waals surface area contributed by atoms with E-state index in [2.05, 4.69) is 10.6 Å². The maximum absolute atomic E-state index is 13.1. The third-order valence-electron chi connectivity index (χ3n) is 5.04. The molecule has 35 heavy (non-hydrogen) atoms. The fourth-order valence-corrected chi connectivity index (χ4v) is 3.84. The Labute approximate surface area is 207 Å². The molecule has 176 valence electrons. The lowest BCUT2D eigenvalue weighted by atomic mass is 10.2. The molecule has 4 rings (SSSR count). The van der Waals surface area contributed by atoms with E-state index in [1.54, 1.807) is 61.7 Å². The Hall–Kier alpha value is -4.36. The lowest BCUT2D eigenvalue weighted by Crippen LogP contribution is -2.30. The molecule has 3 aromatic carbocycles. The van der Waals surface area contributed by atoms with Gasteiger partial charge in [0.05, 0.1) is 7.11 Å². The predicted octanol–water partition coefficient (Wildman–Crippen LogP) is 5.75. The predicted molar refractivity (Wildman–Crippen MR) is 139 cm³/mol. The fourth-order valence-electron chi connectivity index (χ4n) is 3.18. The summed E-state index contributed by atoms with van der Waals surface area (Å²) in [6.45, 7) is 0.456. The van der Waals surface area contributed by atoms with E-state index in [0.717, 1.165) is 10.4 Å². The number of anilines is 1. The van der Waals surface area contributed by atoms with Crippen LogP contribution in [0.25, 0.3) is 6.08 Å². The van der Waals surface area contributed by atoms with Gasteiger partial charge in [0, 0.05) is 16.1 Å². The molecule has 0 spiro atoms. The Bertz CT molecular complexity index is 1280. The number of carbonyl (C=O) groups is 2. The van der Waals surface area contributed by atoms with E-state index in [1.165, 1.54) is 11.3 Å². The molecule has 0 fully saturated rings. The Morgan fingerprint density at radius 2 is 1.57 bits per heavy atom. The van der Waals surface area contributed by atoms with Crippen molar-refractivity contribution in [1.82, 2.24) is 5.32 Å². The third-order valence-corrected chi connectivity index (χ3v) is 5.85. The van der Waals surface area contributed by atoms with Gasteiger partial charge in [0.25, 0.3) is 11.8 Å². The largest absolute Gasteiger partial charge is 0.497 e. The minimum Gasteiger partial charge on any atom is -0.497 e. The lowest BCUT2D eigenvalue weighted by Gasteiger charge is -2.12. The quantitative estimate of drug-likeness (QED) is 0.297. The molecule has 4 aromatic rings. The van der Waals surface area contributed by atoms with Gasteiger partial charge in [-0.15, -0.1) is 11.3 Å². The van der Waals surface area contributed by atoms with Crippen LogP contribution in [0.4, 0.5) is 5.69 Å². The van der Waals surface area contributed by atoms with Gasteiger partial charge in [-0.2, -0.15) is 0 Å². The molecule has 0 saturated heterocycles. The van der Waals surface area contributed by atoms with Crippen molar-refractivity contribution >= 4 is 34.9 Å². The first-order valence-corrected chi connectivity index (χ1v) is 11.8. The number of thiophene rings is 1. The number of hydrogen-bond acceptors (Lipinski definition) is 5. The van der Waals surface area contributed by atoms with Crippen molar-refractivity contribution in [2.75, 3.05) is 12.4 Å². The highest BCUT2D eigenvalue weighted by Crippen LogP contribution is 2.19. The smallest absolute Gasteiger partial charge is 0.272 e. The van der Waals surface area contributed by atoms with Gasteiger partial charge in [0.2, 0.25) is 0 Å². The van der Waals surface area contributed by atoms with Crippen molar-refractivity contribution in [2.24, 2.45) is 0 Å². The zero-order chi connectivity index (χ0) is 24.5. The molecule has 7 heteroatoms. The molecule has 0 radical (unpaired) electrons. The summed E-state index contributed by atoms with van der Waals surface area (Å²) >= 11 is 1.47. The number of amides is 2. The summed E-state index contributed by atoms with van der Waals surface area (Å²) in [7, 11) is 1.56. The number of methoxy groups -OCH3 is 1.